The van der Waals surface area contributed by atoms with Gasteiger partial charge < -0.3 is 10.3 Å². The van der Waals surface area contributed by atoms with Gasteiger partial charge in [0.1, 0.15) is 5.56 Å². The molecular formula is C10H16N2O2. The first kappa shape index (κ1) is 12.4. The predicted octanol–water partition coefficient (Wildman–Crippen LogP) is 1.07. The zero-order valence-electron chi connectivity index (χ0n) is 8.97. The summed E-state index contributed by atoms with van der Waals surface area (Å²) >= 11 is 0. The fraction of sp³-hybridized carbons (Fsp3) is 0.400. The molecular weight excluding hydrogens is 180 g/mol. The van der Waals surface area contributed by atoms with Gasteiger partial charge in [-0.2, -0.15) is 0 Å². The van der Waals surface area contributed by atoms with Gasteiger partial charge in [-0.3, -0.25) is 9.59 Å². The van der Waals surface area contributed by atoms with E-state index in [1.54, 1.807) is 13.0 Å². The minimum absolute atomic E-state index is 0.142. The van der Waals surface area contributed by atoms with E-state index in [-0.39, 0.29) is 17.0 Å². The van der Waals surface area contributed by atoms with Crippen LogP contribution in [0.5, 0.6) is 0 Å². The van der Waals surface area contributed by atoms with Gasteiger partial charge in [0.15, 0.2) is 0 Å². The van der Waals surface area contributed by atoms with Crippen LogP contribution < -0.4 is 10.9 Å². The van der Waals surface area contributed by atoms with Crippen molar-refractivity contribution in [1.29, 1.82) is 0 Å². The third kappa shape index (κ3) is 3.05. The van der Waals surface area contributed by atoms with Crippen molar-refractivity contribution in [3.8, 4) is 0 Å². The van der Waals surface area contributed by atoms with Gasteiger partial charge in [0.05, 0.1) is 0 Å². The highest BCUT2D eigenvalue weighted by atomic mass is 16.2. The Hall–Kier alpha value is -1.58. The molecule has 1 heterocycles. The maximum atomic E-state index is 11.1. The molecule has 0 aromatic carbocycles. The first-order chi connectivity index (χ1) is 6.65. The van der Waals surface area contributed by atoms with Crippen LogP contribution in [0.2, 0.25) is 0 Å². The normalized spacial score (nSPS) is 8.57. The lowest BCUT2D eigenvalue weighted by molar-refractivity contribution is 0.0961. The molecule has 0 fully saturated rings. The van der Waals surface area contributed by atoms with Gasteiger partial charge in [-0.1, -0.05) is 13.8 Å². The number of carbonyl (C=O) groups is 1. The average molecular weight is 196 g/mol. The summed E-state index contributed by atoms with van der Waals surface area (Å²) < 4.78 is 0. The molecule has 0 radical (unpaired) electrons. The van der Waals surface area contributed by atoms with Crippen molar-refractivity contribution in [3.63, 3.8) is 0 Å². The third-order valence-electron chi connectivity index (χ3n) is 1.53. The molecule has 0 bridgehead atoms. The topological polar surface area (TPSA) is 62.0 Å². The number of nitrogens with one attached hydrogen (secondary N) is 2. The molecule has 78 valence electrons. The fourth-order valence-corrected chi connectivity index (χ4v) is 0.886. The van der Waals surface area contributed by atoms with Crippen molar-refractivity contribution in [3.05, 3.63) is 33.7 Å². The Morgan fingerprint density at radius 2 is 1.93 bits per heavy atom. The predicted molar refractivity (Wildman–Crippen MR) is 56.5 cm³/mol. The molecule has 1 aromatic heterocycles. The molecule has 1 amide bonds. The van der Waals surface area contributed by atoms with Crippen LogP contribution in [0.1, 0.15) is 29.9 Å². The van der Waals surface area contributed by atoms with E-state index >= 15 is 0 Å². The van der Waals surface area contributed by atoms with Crippen molar-refractivity contribution in [2.75, 3.05) is 7.05 Å². The van der Waals surface area contributed by atoms with Gasteiger partial charge in [-0.05, 0) is 19.1 Å². The Morgan fingerprint density at radius 3 is 2.36 bits per heavy atom. The molecule has 0 saturated carbocycles. The fourth-order valence-electron chi connectivity index (χ4n) is 0.886. The number of hydrogen-bond donors (Lipinski definition) is 2. The summed E-state index contributed by atoms with van der Waals surface area (Å²) in [6.07, 6.45) is 0. The lowest BCUT2D eigenvalue weighted by Gasteiger charge is -1.98. The summed E-state index contributed by atoms with van der Waals surface area (Å²) in [5, 5.41) is 2.38. The number of rotatable bonds is 1. The van der Waals surface area contributed by atoms with E-state index in [4.69, 9.17) is 0 Å². The number of H-pyrrole nitrogens is 1. The first-order valence-electron chi connectivity index (χ1n) is 4.57. The van der Waals surface area contributed by atoms with Gasteiger partial charge >= 0.3 is 0 Å². The van der Waals surface area contributed by atoms with Crippen LogP contribution in [-0.2, 0) is 0 Å². The van der Waals surface area contributed by atoms with E-state index in [0.29, 0.717) is 0 Å². The number of pyridine rings is 1. The Bertz CT molecular complexity index is 355. The standard InChI is InChI=1S/C8H10N2O2.C2H6/c1-5-3-4-6(7(11)9-2)8(12)10-5;1-2/h3-4H,1-2H3,(H,9,11)(H,10,12);1-2H3. The summed E-state index contributed by atoms with van der Waals surface area (Å²) in [6.45, 7) is 5.76. The summed E-state index contributed by atoms with van der Waals surface area (Å²) in [4.78, 5) is 24.7. The molecule has 1 rings (SSSR count). The van der Waals surface area contributed by atoms with Crippen LogP contribution in [0.4, 0.5) is 0 Å². The molecule has 0 aliphatic rings. The molecule has 0 aliphatic heterocycles. The van der Waals surface area contributed by atoms with Gasteiger partial charge in [0, 0.05) is 12.7 Å². The van der Waals surface area contributed by atoms with Crippen molar-refractivity contribution in [2.45, 2.75) is 20.8 Å². The molecule has 1 aromatic rings. The van der Waals surface area contributed by atoms with Crippen molar-refractivity contribution in [1.82, 2.24) is 10.3 Å². The van der Waals surface area contributed by atoms with E-state index in [0.717, 1.165) is 5.69 Å². The second-order valence-corrected chi connectivity index (χ2v) is 2.46. The number of carbonyl (C=O) groups excluding carboxylic acids is 1. The van der Waals surface area contributed by atoms with Crippen LogP contribution in [0.15, 0.2) is 16.9 Å². The van der Waals surface area contributed by atoms with Crippen molar-refractivity contribution < 1.29 is 4.79 Å². The molecule has 4 heteroatoms. The van der Waals surface area contributed by atoms with E-state index < -0.39 is 0 Å². The van der Waals surface area contributed by atoms with Crippen molar-refractivity contribution in [2.24, 2.45) is 0 Å². The van der Waals surface area contributed by atoms with Crippen LogP contribution in [-0.4, -0.2) is 17.9 Å². The average Bonchev–Trinajstić information content (AvgIpc) is 2.20. The van der Waals surface area contributed by atoms with E-state index in [9.17, 15) is 9.59 Å². The Morgan fingerprint density at radius 1 is 1.36 bits per heavy atom. The van der Waals surface area contributed by atoms with Gasteiger partial charge in [-0.25, -0.2) is 0 Å². The van der Waals surface area contributed by atoms with Crippen molar-refractivity contribution >= 4 is 5.91 Å². The minimum Gasteiger partial charge on any atom is -0.355 e. The van der Waals surface area contributed by atoms with Crippen LogP contribution in [0, 0.1) is 6.92 Å². The quantitative estimate of drug-likeness (QED) is 0.705. The monoisotopic (exact) mass is 196 g/mol. The van der Waals surface area contributed by atoms with Gasteiger partial charge in [0.2, 0.25) is 0 Å². The summed E-state index contributed by atoms with van der Waals surface area (Å²) in [5.74, 6) is -0.365. The van der Waals surface area contributed by atoms with E-state index in [1.165, 1.54) is 13.1 Å². The Labute approximate surface area is 83.4 Å². The Balaban J connectivity index is 0.000000791. The Kier molecular flexibility index (Phi) is 5.29. The molecule has 0 spiro atoms. The van der Waals surface area contributed by atoms with Gasteiger partial charge in [-0.15, -0.1) is 0 Å². The molecule has 0 saturated heterocycles. The minimum atomic E-state index is -0.365. The lowest BCUT2D eigenvalue weighted by atomic mass is 10.2. The van der Waals surface area contributed by atoms with Crippen LogP contribution in [0.3, 0.4) is 0 Å². The summed E-state index contributed by atoms with van der Waals surface area (Å²) in [6, 6.07) is 3.19. The summed E-state index contributed by atoms with van der Waals surface area (Å²) in [5.41, 5.74) is 0.533. The zero-order chi connectivity index (χ0) is 11.1. The van der Waals surface area contributed by atoms with E-state index in [2.05, 4.69) is 10.3 Å². The second kappa shape index (κ2) is 5.96. The maximum absolute atomic E-state index is 11.1. The molecule has 2 N–H and O–H groups in total. The lowest BCUT2D eigenvalue weighted by Crippen LogP contribution is -2.26. The number of hydrogen-bond acceptors (Lipinski definition) is 2. The SMILES string of the molecule is CC.CNC(=O)c1ccc(C)[nH]c1=O. The van der Waals surface area contributed by atoms with Crippen LogP contribution in [0.25, 0.3) is 0 Å². The largest absolute Gasteiger partial charge is 0.355 e. The van der Waals surface area contributed by atoms with Crippen LogP contribution >= 0.6 is 0 Å². The highest BCUT2D eigenvalue weighted by Crippen LogP contribution is 1.92. The molecule has 4 nitrogen and oxygen atoms in total. The smallest absolute Gasteiger partial charge is 0.260 e. The van der Waals surface area contributed by atoms with Gasteiger partial charge in [0.25, 0.3) is 11.5 Å². The highest BCUT2D eigenvalue weighted by Gasteiger charge is 2.06. The number of aryl methyl sites for hydroxylation is 1. The molecule has 14 heavy (non-hydrogen) atoms. The molecule has 0 aliphatic carbocycles. The zero-order valence-corrected chi connectivity index (χ0v) is 8.97. The summed E-state index contributed by atoms with van der Waals surface area (Å²) in [7, 11) is 1.49. The third-order valence-corrected chi connectivity index (χ3v) is 1.53. The molecule has 0 atom stereocenters. The number of aromatic amines is 1. The molecule has 0 unspecified atom stereocenters. The maximum Gasteiger partial charge on any atom is 0.260 e. The van der Waals surface area contributed by atoms with E-state index in [1.807, 2.05) is 13.8 Å². The number of amides is 1. The first-order valence-corrected chi connectivity index (χ1v) is 4.57. The second-order valence-electron chi connectivity index (χ2n) is 2.46. The number of aromatic nitrogens is 1. The highest BCUT2D eigenvalue weighted by molar-refractivity contribution is 5.93.